The minimum Gasteiger partial charge on any atom is -0.382 e. The molecule has 1 aliphatic rings. The Balaban J connectivity index is 1.55. The van der Waals surface area contributed by atoms with Gasteiger partial charge in [0.1, 0.15) is 0 Å². The van der Waals surface area contributed by atoms with Gasteiger partial charge >= 0.3 is 0 Å². The number of para-hydroxylation sites is 1. The van der Waals surface area contributed by atoms with Crippen molar-refractivity contribution in [3.05, 3.63) is 70.4 Å². The highest BCUT2D eigenvalue weighted by Crippen LogP contribution is 2.32. The van der Waals surface area contributed by atoms with Crippen LogP contribution in [-0.2, 0) is 4.84 Å². The monoisotopic (exact) mass is 337 g/mol. The molecule has 4 rings (SSSR count). The van der Waals surface area contributed by atoms with Crippen molar-refractivity contribution in [1.82, 2.24) is 15.1 Å². The summed E-state index contributed by atoms with van der Waals surface area (Å²) in [6, 6.07) is 9.91. The molecule has 124 valence electrons. The summed E-state index contributed by atoms with van der Waals surface area (Å²) in [4.78, 5) is 24.3. The highest BCUT2D eigenvalue weighted by molar-refractivity contribution is 6.04. The molecule has 1 unspecified atom stereocenters. The average molecular weight is 337 g/mol. The average Bonchev–Trinajstić information content (AvgIpc) is 3.32. The van der Waals surface area contributed by atoms with Crippen molar-refractivity contribution in [2.24, 2.45) is 5.16 Å². The van der Waals surface area contributed by atoms with Crippen LogP contribution >= 0.6 is 0 Å². The van der Waals surface area contributed by atoms with Gasteiger partial charge in [-0.15, -0.1) is 0 Å². The minimum atomic E-state index is -0.571. The molecule has 3 aromatic rings. The Kier molecular flexibility index (Phi) is 3.65. The van der Waals surface area contributed by atoms with Crippen molar-refractivity contribution in [1.29, 1.82) is 0 Å². The summed E-state index contributed by atoms with van der Waals surface area (Å²) in [5, 5.41) is 19.0. The first kappa shape index (κ1) is 14.9. The summed E-state index contributed by atoms with van der Waals surface area (Å²) in [5.74, 6) is 0.685. The van der Waals surface area contributed by atoms with E-state index in [9.17, 15) is 10.1 Å². The first-order valence-electron chi connectivity index (χ1n) is 7.43. The van der Waals surface area contributed by atoms with Crippen LogP contribution in [-0.4, -0.2) is 25.8 Å². The molecular weight excluding hydrogens is 326 g/mol. The van der Waals surface area contributed by atoms with E-state index in [4.69, 9.17) is 9.36 Å². The Labute approximate surface area is 141 Å². The van der Waals surface area contributed by atoms with Crippen LogP contribution in [0.3, 0.4) is 0 Å². The lowest BCUT2D eigenvalue weighted by molar-refractivity contribution is -0.385. The standard InChI is InChI=1S/C16H11N5O4/c22-21(23)13-4-2-1-3-11(13)12-9-14(24-19-12)16-18-15(20-25-16)10-5-7-17-8-6-10/h1-8,14H,9H2. The summed E-state index contributed by atoms with van der Waals surface area (Å²) >= 11 is 0. The summed E-state index contributed by atoms with van der Waals surface area (Å²) < 4.78 is 5.25. The van der Waals surface area contributed by atoms with Crippen molar-refractivity contribution in [3.8, 4) is 11.4 Å². The molecule has 0 N–H and O–H groups in total. The maximum absolute atomic E-state index is 11.2. The molecule has 3 heterocycles. The summed E-state index contributed by atoms with van der Waals surface area (Å²) in [5.41, 5.74) is 1.64. The molecule has 25 heavy (non-hydrogen) atoms. The number of rotatable bonds is 4. The van der Waals surface area contributed by atoms with Crippen molar-refractivity contribution in [3.63, 3.8) is 0 Å². The third-order valence-corrected chi connectivity index (χ3v) is 3.74. The van der Waals surface area contributed by atoms with E-state index < -0.39 is 11.0 Å². The highest BCUT2D eigenvalue weighted by Gasteiger charge is 2.32. The largest absolute Gasteiger partial charge is 0.382 e. The van der Waals surface area contributed by atoms with Crippen LogP contribution in [0.4, 0.5) is 5.69 Å². The number of nitro groups is 1. The quantitative estimate of drug-likeness (QED) is 0.530. The van der Waals surface area contributed by atoms with Gasteiger partial charge in [-0.25, -0.2) is 0 Å². The van der Waals surface area contributed by atoms with Gasteiger partial charge in [0.25, 0.3) is 11.6 Å². The number of nitro benzene ring substituents is 1. The Bertz CT molecular complexity index is 954. The molecule has 0 amide bonds. The molecule has 1 aliphatic heterocycles. The fraction of sp³-hybridized carbons (Fsp3) is 0.125. The zero-order chi connectivity index (χ0) is 17.2. The second kappa shape index (κ2) is 6.11. The van der Waals surface area contributed by atoms with Gasteiger partial charge in [-0.3, -0.25) is 15.1 Å². The van der Waals surface area contributed by atoms with Crippen LogP contribution in [0.25, 0.3) is 11.4 Å². The van der Waals surface area contributed by atoms with Crippen molar-refractivity contribution < 1.29 is 14.3 Å². The van der Waals surface area contributed by atoms with Crippen LogP contribution in [0.15, 0.2) is 58.5 Å². The number of nitrogens with zero attached hydrogens (tertiary/aromatic N) is 5. The first-order chi connectivity index (χ1) is 12.2. The van der Waals surface area contributed by atoms with Gasteiger partial charge in [0.15, 0.2) is 0 Å². The van der Waals surface area contributed by atoms with Gasteiger partial charge in [0.2, 0.25) is 11.9 Å². The third-order valence-electron chi connectivity index (χ3n) is 3.74. The molecule has 9 heteroatoms. The minimum absolute atomic E-state index is 0.0199. The molecule has 1 aromatic carbocycles. The van der Waals surface area contributed by atoms with Crippen LogP contribution in [0, 0.1) is 10.1 Å². The Morgan fingerprint density at radius 3 is 2.76 bits per heavy atom. The number of benzene rings is 1. The lowest BCUT2D eigenvalue weighted by atomic mass is 10.0. The van der Waals surface area contributed by atoms with Crippen LogP contribution < -0.4 is 0 Å². The second-order valence-corrected chi connectivity index (χ2v) is 5.30. The van der Waals surface area contributed by atoms with E-state index in [-0.39, 0.29) is 11.6 Å². The maximum atomic E-state index is 11.2. The smallest absolute Gasteiger partial charge is 0.278 e. The third kappa shape index (κ3) is 2.82. The van der Waals surface area contributed by atoms with Gasteiger partial charge in [0, 0.05) is 30.4 Å². The van der Waals surface area contributed by atoms with E-state index in [1.54, 1.807) is 42.7 Å². The molecule has 0 radical (unpaired) electrons. The SMILES string of the molecule is O=[N+]([O-])c1ccccc1C1=NOC(c2nc(-c3ccncc3)no2)C1. The van der Waals surface area contributed by atoms with Gasteiger partial charge in [0.05, 0.1) is 16.2 Å². The van der Waals surface area contributed by atoms with E-state index in [0.29, 0.717) is 23.5 Å². The van der Waals surface area contributed by atoms with Crippen molar-refractivity contribution in [2.75, 3.05) is 0 Å². The summed E-state index contributed by atoms with van der Waals surface area (Å²) in [7, 11) is 0. The Morgan fingerprint density at radius 2 is 1.96 bits per heavy atom. The molecule has 1 atom stereocenters. The van der Waals surface area contributed by atoms with Crippen molar-refractivity contribution >= 4 is 11.4 Å². The van der Waals surface area contributed by atoms with Gasteiger partial charge in [-0.05, 0) is 18.2 Å². The lowest BCUT2D eigenvalue weighted by Gasteiger charge is -2.01. The van der Waals surface area contributed by atoms with E-state index in [2.05, 4.69) is 20.3 Å². The fourth-order valence-electron chi connectivity index (χ4n) is 2.53. The summed E-state index contributed by atoms with van der Waals surface area (Å²) in [6.07, 6.45) is 3.00. The number of oxime groups is 1. The molecule has 0 fully saturated rings. The molecular formula is C16H11N5O4. The van der Waals surface area contributed by atoms with Crippen molar-refractivity contribution in [2.45, 2.75) is 12.5 Å². The Hall–Kier alpha value is -3.62. The fourth-order valence-corrected chi connectivity index (χ4v) is 2.53. The maximum Gasteiger partial charge on any atom is 0.278 e. The molecule has 0 spiro atoms. The predicted octanol–water partition coefficient (Wildman–Crippen LogP) is 2.91. The van der Waals surface area contributed by atoms with E-state index in [1.165, 1.54) is 6.07 Å². The number of hydrogen-bond donors (Lipinski definition) is 0. The molecule has 9 nitrogen and oxygen atoms in total. The van der Waals surface area contributed by atoms with E-state index in [0.717, 1.165) is 5.56 Å². The van der Waals surface area contributed by atoms with Gasteiger partial charge in [-0.2, -0.15) is 4.98 Å². The highest BCUT2D eigenvalue weighted by atomic mass is 16.7. The Morgan fingerprint density at radius 1 is 1.16 bits per heavy atom. The first-order valence-corrected chi connectivity index (χ1v) is 7.43. The lowest BCUT2D eigenvalue weighted by Crippen LogP contribution is -2.05. The molecule has 0 saturated carbocycles. The van der Waals surface area contributed by atoms with Gasteiger partial charge in [-0.1, -0.05) is 22.4 Å². The van der Waals surface area contributed by atoms with E-state index in [1.807, 2.05) is 0 Å². The summed E-state index contributed by atoms with van der Waals surface area (Å²) in [6.45, 7) is 0. The molecule has 0 aliphatic carbocycles. The van der Waals surface area contributed by atoms with Crippen LogP contribution in [0.1, 0.15) is 24.0 Å². The van der Waals surface area contributed by atoms with E-state index >= 15 is 0 Å². The molecule has 0 bridgehead atoms. The predicted molar refractivity (Wildman–Crippen MR) is 85.6 cm³/mol. The van der Waals surface area contributed by atoms with Gasteiger partial charge < -0.3 is 9.36 Å². The number of pyridine rings is 1. The molecule has 2 aromatic heterocycles. The van der Waals surface area contributed by atoms with Crippen LogP contribution in [0.5, 0.6) is 0 Å². The zero-order valence-electron chi connectivity index (χ0n) is 12.8. The zero-order valence-corrected chi connectivity index (χ0v) is 12.8. The number of aromatic nitrogens is 3. The number of hydrogen-bond acceptors (Lipinski definition) is 8. The second-order valence-electron chi connectivity index (χ2n) is 5.30. The molecule has 0 saturated heterocycles. The van der Waals surface area contributed by atoms with Crippen LogP contribution in [0.2, 0.25) is 0 Å². The topological polar surface area (TPSA) is 117 Å². The normalized spacial score (nSPS) is 16.3.